The molecule has 4 nitrogen and oxygen atoms in total. The molecule has 1 N–H and O–H groups in total. The van der Waals surface area contributed by atoms with Gasteiger partial charge in [0.1, 0.15) is 0 Å². The van der Waals surface area contributed by atoms with E-state index in [1.165, 1.54) is 11.1 Å². The van der Waals surface area contributed by atoms with Gasteiger partial charge < -0.3 is 10.1 Å². The van der Waals surface area contributed by atoms with E-state index >= 15 is 0 Å². The van der Waals surface area contributed by atoms with E-state index < -0.39 is 11.9 Å². The fraction of sp³-hybridized carbons (Fsp3) is 0.222. The first-order valence-corrected chi connectivity index (χ1v) is 8.15. The van der Waals surface area contributed by atoms with E-state index in [-0.39, 0.29) is 6.61 Å². The summed E-state index contributed by atoms with van der Waals surface area (Å²) in [6.45, 7) is 5.93. The highest BCUT2D eigenvalue weighted by atomic mass is 32.2. The van der Waals surface area contributed by atoms with Gasteiger partial charge in [-0.25, -0.2) is 4.79 Å². The molecule has 0 radical (unpaired) electrons. The zero-order chi connectivity index (χ0) is 16.8. The predicted octanol–water partition coefficient (Wildman–Crippen LogP) is 3.96. The van der Waals surface area contributed by atoms with Gasteiger partial charge in [0.25, 0.3) is 0 Å². The Bertz CT molecular complexity index is 728. The Kier molecular flexibility index (Phi) is 5.82. The van der Waals surface area contributed by atoms with Crippen molar-refractivity contribution in [2.24, 2.45) is 0 Å². The number of para-hydroxylation sites is 1. The van der Waals surface area contributed by atoms with Crippen LogP contribution in [0, 0.1) is 13.8 Å². The molecule has 0 saturated heterocycles. The van der Waals surface area contributed by atoms with Gasteiger partial charge in [-0.1, -0.05) is 41.6 Å². The van der Waals surface area contributed by atoms with Crippen LogP contribution in [0.4, 0.5) is 5.69 Å². The van der Waals surface area contributed by atoms with Gasteiger partial charge in [-0.3, -0.25) is 4.79 Å². The van der Waals surface area contributed by atoms with Gasteiger partial charge in [-0.15, -0.1) is 0 Å². The summed E-state index contributed by atoms with van der Waals surface area (Å²) in [6.07, 6.45) is 0. The van der Waals surface area contributed by atoms with Gasteiger partial charge in [0.05, 0.1) is 12.3 Å². The molecule has 0 spiro atoms. The van der Waals surface area contributed by atoms with Crippen LogP contribution in [0.2, 0.25) is 0 Å². The topological polar surface area (TPSA) is 55.4 Å². The van der Waals surface area contributed by atoms with Crippen LogP contribution in [-0.4, -0.2) is 18.5 Å². The third-order valence-corrected chi connectivity index (χ3v) is 4.40. The largest absolute Gasteiger partial charge is 0.459 e. The highest BCUT2D eigenvalue weighted by molar-refractivity contribution is 7.99. The number of amides is 1. The van der Waals surface area contributed by atoms with Crippen LogP contribution >= 0.6 is 11.8 Å². The second-order valence-electron chi connectivity index (χ2n) is 5.04. The summed E-state index contributed by atoms with van der Waals surface area (Å²) in [5.74, 6) is -1.64. The molecule has 0 unspecified atom stereocenters. The monoisotopic (exact) mass is 329 g/mol. The number of hydrogen-bond acceptors (Lipinski definition) is 4. The maximum atomic E-state index is 11.8. The molecule has 1 amide bonds. The van der Waals surface area contributed by atoms with E-state index in [2.05, 4.69) is 37.4 Å². The maximum Gasteiger partial charge on any atom is 0.397 e. The van der Waals surface area contributed by atoms with Crippen molar-refractivity contribution in [3.8, 4) is 0 Å². The van der Waals surface area contributed by atoms with Gasteiger partial charge in [0, 0.05) is 9.79 Å². The lowest BCUT2D eigenvalue weighted by Gasteiger charge is -2.12. The van der Waals surface area contributed by atoms with Crippen LogP contribution < -0.4 is 5.32 Å². The predicted molar refractivity (Wildman–Crippen MR) is 91.7 cm³/mol. The van der Waals surface area contributed by atoms with Crippen molar-refractivity contribution in [2.45, 2.75) is 30.6 Å². The Morgan fingerprint density at radius 3 is 2.52 bits per heavy atom. The van der Waals surface area contributed by atoms with Crippen molar-refractivity contribution >= 4 is 29.3 Å². The van der Waals surface area contributed by atoms with E-state index in [9.17, 15) is 9.59 Å². The van der Waals surface area contributed by atoms with E-state index in [0.29, 0.717) is 5.69 Å². The van der Waals surface area contributed by atoms with E-state index in [1.54, 1.807) is 24.8 Å². The minimum absolute atomic E-state index is 0.172. The van der Waals surface area contributed by atoms with Crippen LogP contribution in [0.15, 0.2) is 52.3 Å². The standard InChI is InChI=1S/C18H19NO3S/c1-4-22-18(21)17(20)19-14-7-5-6-8-16(14)23-15-10-9-12(2)11-13(15)3/h5-11H,4H2,1-3H3,(H,19,20). The summed E-state index contributed by atoms with van der Waals surface area (Å²) in [5, 5.41) is 2.61. The number of ether oxygens (including phenoxy) is 1. The molecule has 0 aliphatic heterocycles. The average molecular weight is 329 g/mol. The van der Waals surface area contributed by atoms with Gasteiger partial charge >= 0.3 is 11.9 Å². The highest BCUT2D eigenvalue weighted by Crippen LogP contribution is 2.35. The summed E-state index contributed by atoms with van der Waals surface area (Å²) in [6, 6.07) is 13.6. The van der Waals surface area contributed by atoms with Crippen LogP contribution in [-0.2, 0) is 14.3 Å². The summed E-state index contributed by atoms with van der Waals surface area (Å²) in [7, 11) is 0. The zero-order valence-electron chi connectivity index (χ0n) is 13.4. The first-order valence-electron chi connectivity index (χ1n) is 7.33. The number of esters is 1. The first-order chi connectivity index (χ1) is 11.0. The number of carbonyl (C=O) groups excluding carboxylic acids is 2. The molecule has 0 bridgehead atoms. The molecule has 2 aromatic carbocycles. The molecule has 2 rings (SSSR count). The van der Waals surface area contributed by atoms with Crippen LogP contribution in [0.1, 0.15) is 18.1 Å². The van der Waals surface area contributed by atoms with Crippen molar-refractivity contribution in [1.29, 1.82) is 0 Å². The second-order valence-corrected chi connectivity index (χ2v) is 6.13. The lowest BCUT2D eigenvalue weighted by Crippen LogP contribution is -2.25. The summed E-state index contributed by atoms with van der Waals surface area (Å²) in [5.41, 5.74) is 2.97. The third-order valence-electron chi connectivity index (χ3n) is 3.15. The van der Waals surface area contributed by atoms with Crippen molar-refractivity contribution in [3.63, 3.8) is 0 Å². The molecule has 120 valence electrons. The number of anilines is 1. The fourth-order valence-electron chi connectivity index (χ4n) is 2.06. The number of benzene rings is 2. The Balaban J connectivity index is 2.20. The summed E-state index contributed by atoms with van der Waals surface area (Å²) < 4.78 is 4.71. The molecular formula is C18H19NO3S. The molecule has 0 saturated carbocycles. The van der Waals surface area contributed by atoms with E-state index in [0.717, 1.165) is 9.79 Å². The normalized spacial score (nSPS) is 10.2. The van der Waals surface area contributed by atoms with Gasteiger partial charge in [0.2, 0.25) is 0 Å². The molecule has 0 heterocycles. The zero-order valence-corrected chi connectivity index (χ0v) is 14.2. The summed E-state index contributed by atoms with van der Waals surface area (Å²) >= 11 is 1.55. The minimum atomic E-state index is -0.876. The molecule has 23 heavy (non-hydrogen) atoms. The van der Waals surface area contributed by atoms with Gasteiger partial charge in [-0.2, -0.15) is 0 Å². The Morgan fingerprint density at radius 1 is 1.09 bits per heavy atom. The Hall–Kier alpha value is -2.27. The number of rotatable bonds is 4. The van der Waals surface area contributed by atoms with Gasteiger partial charge in [-0.05, 0) is 44.5 Å². The second kappa shape index (κ2) is 7.83. The van der Waals surface area contributed by atoms with E-state index in [1.807, 2.05) is 18.2 Å². The molecule has 0 aliphatic rings. The molecule has 0 atom stereocenters. The molecule has 0 fully saturated rings. The minimum Gasteiger partial charge on any atom is -0.459 e. The highest BCUT2D eigenvalue weighted by Gasteiger charge is 2.16. The van der Waals surface area contributed by atoms with Crippen molar-refractivity contribution in [1.82, 2.24) is 0 Å². The van der Waals surface area contributed by atoms with Gasteiger partial charge in [0.15, 0.2) is 0 Å². The fourth-order valence-corrected chi connectivity index (χ4v) is 3.03. The van der Waals surface area contributed by atoms with Crippen LogP contribution in [0.3, 0.4) is 0 Å². The number of hydrogen-bond donors (Lipinski definition) is 1. The van der Waals surface area contributed by atoms with E-state index in [4.69, 9.17) is 4.74 Å². The molecule has 0 aliphatic carbocycles. The maximum absolute atomic E-state index is 11.8. The van der Waals surface area contributed by atoms with Crippen molar-refractivity contribution < 1.29 is 14.3 Å². The molecular weight excluding hydrogens is 310 g/mol. The molecule has 2 aromatic rings. The average Bonchev–Trinajstić information content (AvgIpc) is 2.52. The lowest BCUT2D eigenvalue weighted by atomic mass is 10.2. The molecule has 0 aromatic heterocycles. The number of carbonyl (C=O) groups is 2. The van der Waals surface area contributed by atoms with Crippen molar-refractivity contribution in [3.05, 3.63) is 53.6 Å². The smallest absolute Gasteiger partial charge is 0.397 e. The lowest BCUT2D eigenvalue weighted by molar-refractivity contribution is -0.152. The molecule has 5 heteroatoms. The summed E-state index contributed by atoms with van der Waals surface area (Å²) in [4.78, 5) is 25.3. The number of aryl methyl sites for hydroxylation is 2. The van der Waals surface area contributed by atoms with Crippen molar-refractivity contribution in [2.75, 3.05) is 11.9 Å². The Morgan fingerprint density at radius 2 is 1.83 bits per heavy atom. The first kappa shape index (κ1) is 17.1. The SMILES string of the molecule is CCOC(=O)C(=O)Nc1ccccc1Sc1ccc(C)cc1C. The Labute approximate surface area is 140 Å². The third kappa shape index (κ3) is 4.60. The van der Waals surface area contributed by atoms with Crippen LogP contribution in [0.5, 0.6) is 0 Å². The quantitative estimate of drug-likeness (QED) is 0.681. The number of nitrogens with one attached hydrogen (secondary N) is 1. The van der Waals surface area contributed by atoms with Crippen LogP contribution in [0.25, 0.3) is 0 Å².